The van der Waals surface area contributed by atoms with Gasteiger partial charge in [0.2, 0.25) is 5.16 Å². The fourth-order valence-corrected chi connectivity index (χ4v) is 3.16. The van der Waals surface area contributed by atoms with Crippen LogP contribution >= 0.6 is 23.4 Å². The van der Waals surface area contributed by atoms with Gasteiger partial charge >= 0.3 is 5.97 Å². The number of methoxy groups -OCH3 is 1. The SMILES string of the molecule is CCOC(=O)CSc1nnc(-c2ccc(OC)cc2)c(-c2ccc(Cl)cc2)n1. The maximum absolute atomic E-state index is 11.6. The summed E-state index contributed by atoms with van der Waals surface area (Å²) in [6, 6.07) is 14.8. The summed E-state index contributed by atoms with van der Waals surface area (Å²) in [4.78, 5) is 16.2. The molecule has 3 aromatic rings. The quantitative estimate of drug-likeness (QED) is 0.414. The molecule has 0 aliphatic heterocycles. The number of halogens is 1. The average molecular weight is 416 g/mol. The van der Waals surface area contributed by atoms with E-state index in [2.05, 4.69) is 15.2 Å². The molecular formula is C20H18ClN3O3S. The Kier molecular flexibility index (Phi) is 6.84. The molecule has 1 aromatic heterocycles. The fourth-order valence-electron chi connectivity index (χ4n) is 2.45. The van der Waals surface area contributed by atoms with Gasteiger partial charge in [0.25, 0.3) is 0 Å². The number of nitrogens with zero attached hydrogens (tertiary/aromatic N) is 3. The number of carbonyl (C=O) groups is 1. The summed E-state index contributed by atoms with van der Waals surface area (Å²) < 4.78 is 10.2. The molecule has 0 unspecified atom stereocenters. The second-order valence-corrected chi connectivity index (χ2v) is 7.00. The largest absolute Gasteiger partial charge is 0.497 e. The van der Waals surface area contributed by atoms with Gasteiger partial charge in [-0.25, -0.2) is 4.98 Å². The first-order chi connectivity index (χ1) is 13.6. The Morgan fingerprint density at radius 3 is 2.29 bits per heavy atom. The number of carbonyl (C=O) groups excluding carboxylic acids is 1. The lowest BCUT2D eigenvalue weighted by atomic mass is 10.0. The van der Waals surface area contributed by atoms with Crippen LogP contribution in [0.4, 0.5) is 0 Å². The monoisotopic (exact) mass is 415 g/mol. The van der Waals surface area contributed by atoms with Gasteiger partial charge in [-0.3, -0.25) is 4.79 Å². The molecule has 3 rings (SSSR count). The number of hydrogen-bond acceptors (Lipinski definition) is 7. The Hall–Kier alpha value is -2.64. The summed E-state index contributed by atoms with van der Waals surface area (Å²) in [6.45, 7) is 2.11. The van der Waals surface area contributed by atoms with Gasteiger partial charge in [0.05, 0.1) is 19.5 Å². The number of benzene rings is 2. The van der Waals surface area contributed by atoms with Gasteiger partial charge in [0.1, 0.15) is 17.1 Å². The molecule has 0 fully saturated rings. The number of rotatable bonds is 7. The number of thioether (sulfide) groups is 1. The van der Waals surface area contributed by atoms with Crippen LogP contribution in [0, 0.1) is 0 Å². The normalized spacial score (nSPS) is 10.5. The molecule has 0 spiro atoms. The summed E-state index contributed by atoms with van der Waals surface area (Å²) in [5.41, 5.74) is 2.99. The van der Waals surface area contributed by atoms with E-state index in [4.69, 9.17) is 21.1 Å². The van der Waals surface area contributed by atoms with Crippen LogP contribution in [0.15, 0.2) is 53.7 Å². The molecule has 0 aliphatic rings. The van der Waals surface area contributed by atoms with E-state index in [0.29, 0.717) is 28.2 Å². The molecule has 0 radical (unpaired) electrons. The van der Waals surface area contributed by atoms with Gasteiger partial charge in [-0.1, -0.05) is 35.5 Å². The fraction of sp³-hybridized carbons (Fsp3) is 0.200. The molecule has 1 heterocycles. The first kappa shape index (κ1) is 20.1. The zero-order valence-corrected chi connectivity index (χ0v) is 17.0. The molecule has 6 nitrogen and oxygen atoms in total. The van der Waals surface area contributed by atoms with Gasteiger partial charge in [0.15, 0.2) is 0 Å². The van der Waals surface area contributed by atoms with Gasteiger partial charge in [-0.15, -0.1) is 10.2 Å². The minimum atomic E-state index is -0.316. The topological polar surface area (TPSA) is 74.2 Å². The van der Waals surface area contributed by atoms with Crippen molar-refractivity contribution >= 4 is 29.3 Å². The van der Waals surface area contributed by atoms with E-state index < -0.39 is 0 Å². The van der Waals surface area contributed by atoms with Crippen molar-refractivity contribution in [2.45, 2.75) is 12.1 Å². The number of esters is 1. The standard InChI is InChI=1S/C20H18ClN3O3S/c1-3-27-17(25)12-28-20-22-18(13-4-8-15(21)9-5-13)19(23-24-20)14-6-10-16(26-2)11-7-14/h4-11H,3,12H2,1-2H3. The van der Waals surface area contributed by atoms with Crippen LogP contribution in [0.3, 0.4) is 0 Å². The van der Waals surface area contributed by atoms with Gasteiger partial charge < -0.3 is 9.47 Å². The van der Waals surface area contributed by atoms with E-state index in [0.717, 1.165) is 16.9 Å². The van der Waals surface area contributed by atoms with Crippen LogP contribution in [-0.4, -0.2) is 40.6 Å². The number of ether oxygens (including phenoxy) is 2. The van der Waals surface area contributed by atoms with Gasteiger partial charge in [-0.2, -0.15) is 0 Å². The summed E-state index contributed by atoms with van der Waals surface area (Å²) in [7, 11) is 1.62. The van der Waals surface area contributed by atoms with E-state index >= 15 is 0 Å². The van der Waals surface area contributed by atoms with Crippen molar-refractivity contribution < 1.29 is 14.3 Å². The third-order valence-electron chi connectivity index (χ3n) is 3.77. The lowest BCUT2D eigenvalue weighted by Gasteiger charge is -2.10. The highest BCUT2D eigenvalue weighted by Gasteiger charge is 2.15. The molecule has 2 aromatic carbocycles. The van der Waals surface area contributed by atoms with Crippen LogP contribution in [0.25, 0.3) is 22.5 Å². The molecule has 144 valence electrons. The second kappa shape index (κ2) is 9.52. The Balaban J connectivity index is 1.98. The molecule has 0 atom stereocenters. The Bertz CT molecular complexity index is 950. The molecule has 0 aliphatic carbocycles. The number of aromatic nitrogens is 3. The number of hydrogen-bond donors (Lipinski definition) is 0. The highest BCUT2D eigenvalue weighted by Crippen LogP contribution is 2.31. The third-order valence-corrected chi connectivity index (χ3v) is 4.84. The smallest absolute Gasteiger partial charge is 0.316 e. The second-order valence-electron chi connectivity index (χ2n) is 5.62. The van der Waals surface area contributed by atoms with Crippen molar-refractivity contribution in [3.63, 3.8) is 0 Å². The minimum absolute atomic E-state index is 0.122. The van der Waals surface area contributed by atoms with Crippen molar-refractivity contribution in [1.29, 1.82) is 0 Å². The Morgan fingerprint density at radius 1 is 1.00 bits per heavy atom. The lowest BCUT2D eigenvalue weighted by molar-refractivity contribution is -0.139. The molecule has 0 N–H and O–H groups in total. The minimum Gasteiger partial charge on any atom is -0.497 e. The molecule has 8 heteroatoms. The van der Waals surface area contributed by atoms with E-state index in [-0.39, 0.29) is 11.7 Å². The predicted molar refractivity (Wildman–Crippen MR) is 110 cm³/mol. The van der Waals surface area contributed by atoms with Gasteiger partial charge in [0, 0.05) is 16.1 Å². The zero-order valence-electron chi connectivity index (χ0n) is 15.4. The predicted octanol–water partition coefficient (Wildman–Crippen LogP) is 4.52. The summed E-state index contributed by atoms with van der Waals surface area (Å²) in [5.74, 6) is 0.556. The van der Waals surface area contributed by atoms with Crippen molar-refractivity contribution in [2.75, 3.05) is 19.5 Å². The van der Waals surface area contributed by atoms with Crippen LogP contribution in [0.5, 0.6) is 5.75 Å². The van der Waals surface area contributed by atoms with E-state index in [1.54, 1.807) is 26.2 Å². The summed E-state index contributed by atoms with van der Waals surface area (Å²) in [6.07, 6.45) is 0. The molecule has 0 amide bonds. The van der Waals surface area contributed by atoms with Crippen LogP contribution < -0.4 is 4.74 Å². The van der Waals surface area contributed by atoms with Crippen molar-refractivity contribution in [2.24, 2.45) is 0 Å². The van der Waals surface area contributed by atoms with E-state index in [9.17, 15) is 4.79 Å². The van der Waals surface area contributed by atoms with Crippen LogP contribution in [0.2, 0.25) is 5.02 Å². The molecular weight excluding hydrogens is 398 g/mol. The first-order valence-electron chi connectivity index (χ1n) is 8.54. The molecule has 0 bridgehead atoms. The van der Waals surface area contributed by atoms with Crippen LogP contribution in [0.1, 0.15) is 6.92 Å². The lowest BCUT2D eigenvalue weighted by Crippen LogP contribution is -2.08. The first-order valence-corrected chi connectivity index (χ1v) is 9.90. The van der Waals surface area contributed by atoms with Crippen molar-refractivity contribution in [1.82, 2.24) is 15.2 Å². The Morgan fingerprint density at radius 2 is 1.64 bits per heavy atom. The molecule has 28 heavy (non-hydrogen) atoms. The molecule has 0 saturated carbocycles. The summed E-state index contributed by atoms with van der Waals surface area (Å²) >= 11 is 7.20. The maximum atomic E-state index is 11.6. The van der Waals surface area contributed by atoms with Crippen LogP contribution in [-0.2, 0) is 9.53 Å². The summed E-state index contributed by atoms with van der Waals surface area (Å²) in [5, 5.41) is 9.57. The third kappa shape index (κ3) is 4.99. The maximum Gasteiger partial charge on any atom is 0.316 e. The zero-order chi connectivity index (χ0) is 19.9. The highest BCUT2D eigenvalue weighted by atomic mass is 35.5. The van der Waals surface area contributed by atoms with E-state index in [1.165, 1.54) is 11.8 Å². The van der Waals surface area contributed by atoms with Gasteiger partial charge in [-0.05, 0) is 43.3 Å². The molecule has 0 saturated heterocycles. The van der Waals surface area contributed by atoms with Crippen molar-refractivity contribution in [3.8, 4) is 28.3 Å². The van der Waals surface area contributed by atoms with Crippen molar-refractivity contribution in [3.05, 3.63) is 53.6 Å². The average Bonchev–Trinajstić information content (AvgIpc) is 2.73. The van der Waals surface area contributed by atoms with E-state index in [1.807, 2.05) is 36.4 Å². The highest BCUT2D eigenvalue weighted by molar-refractivity contribution is 7.99. The Labute approximate surface area is 172 Å².